The number of hydrogen-bond acceptors (Lipinski definition) is 4. The average molecular weight is 547 g/mol. The van der Waals surface area contributed by atoms with Crippen molar-refractivity contribution in [2.45, 2.75) is 10.9 Å². The second-order valence-electron chi connectivity index (χ2n) is 8.67. The molecule has 6 heteroatoms. The highest BCUT2D eigenvalue weighted by Gasteiger charge is 2.42. The van der Waals surface area contributed by atoms with Gasteiger partial charge in [0.1, 0.15) is 17.1 Å². The number of benzene rings is 4. The summed E-state index contributed by atoms with van der Waals surface area (Å²) in [6.07, 6.45) is 0. The largest absolute Gasteiger partial charge is 0.460 e. The third kappa shape index (κ3) is 3.99. The first kappa shape index (κ1) is 23.1. The maximum atomic E-state index is 6.11. The summed E-state index contributed by atoms with van der Waals surface area (Å²) in [7, 11) is 0. The summed E-state index contributed by atoms with van der Waals surface area (Å²) in [6, 6.07) is 43.2. The van der Waals surface area contributed by atoms with Crippen LogP contribution in [0.2, 0.25) is 0 Å². The standard InChI is InChI=1S/C31H23BrN4O/c32-22-26-20-21-29(37-26)27-18-10-11-19-28(27)30-33-34-35-36(30)31(23-12-4-1-5-13-23,24-14-6-2-7-15-24)25-16-8-3-9-17-25/h1-21H,22H2. The van der Waals surface area contributed by atoms with E-state index in [1.165, 1.54) is 0 Å². The molecule has 0 bridgehead atoms. The Balaban J connectivity index is 1.68. The van der Waals surface area contributed by atoms with Crippen molar-refractivity contribution in [2.24, 2.45) is 0 Å². The van der Waals surface area contributed by atoms with Crippen LogP contribution in [0.15, 0.2) is 132 Å². The SMILES string of the molecule is BrCc1ccc(-c2ccccc2-c2nnnn2C(c2ccccc2)(c2ccccc2)c2ccccc2)o1. The molecule has 6 aromatic rings. The summed E-state index contributed by atoms with van der Waals surface area (Å²) in [5.74, 6) is 2.27. The summed E-state index contributed by atoms with van der Waals surface area (Å²) in [5, 5.41) is 14.1. The lowest BCUT2D eigenvalue weighted by molar-refractivity contribution is 0.451. The van der Waals surface area contributed by atoms with Gasteiger partial charge in [0.25, 0.3) is 0 Å². The van der Waals surface area contributed by atoms with Crippen LogP contribution < -0.4 is 0 Å². The molecule has 0 saturated heterocycles. The Labute approximate surface area is 223 Å². The molecule has 0 atom stereocenters. The summed E-state index contributed by atoms with van der Waals surface area (Å²) in [6.45, 7) is 0. The van der Waals surface area contributed by atoms with E-state index in [9.17, 15) is 0 Å². The molecule has 0 fully saturated rings. The number of nitrogens with zero attached hydrogens (tertiary/aromatic N) is 4. The van der Waals surface area contributed by atoms with Crippen molar-refractivity contribution in [1.82, 2.24) is 20.2 Å². The fourth-order valence-electron chi connectivity index (χ4n) is 4.97. The van der Waals surface area contributed by atoms with Crippen molar-refractivity contribution >= 4 is 15.9 Å². The Morgan fingerprint density at radius 3 is 1.65 bits per heavy atom. The van der Waals surface area contributed by atoms with Gasteiger partial charge in [-0.25, -0.2) is 4.68 Å². The van der Waals surface area contributed by atoms with Crippen LogP contribution in [0.3, 0.4) is 0 Å². The Kier molecular flexibility index (Phi) is 6.25. The first-order valence-electron chi connectivity index (χ1n) is 12.0. The van der Waals surface area contributed by atoms with Gasteiger partial charge >= 0.3 is 0 Å². The lowest BCUT2D eigenvalue weighted by Gasteiger charge is -2.36. The van der Waals surface area contributed by atoms with Gasteiger partial charge in [0.05, 0.1) is 5.33 Å². The van der Waals surface area contributed by atoms with Crippen LogP contribution in [0.1, 0.15) is 22.5 Å². The van der Waals surface area contributed by atoms with Gasteiger partial charge < -0.3 is 4.42 Å². The molecule has 0 unspecified atom stereocenters. The van der Waals surface area contributed by atoms with Crippen LogP contribution in [0, 0.1) is 0 Å². The molecule has 0 N–H and O–H groups in total. The number of rotatable bonds is 7. The van der Waals surface area contributed by atoms with Crippen molar-refractivity contribution < 1.29 is 4.42 Å². The maximum Gasteiger partial charge on any atom is 0.184 e. The van der Waals surface area contributed by atoms with Crippen LogP contribution in [-0.2, 0) is 10.9 Å². The van der Waals surface area contributed by atoms with Crippen molar-refractivity contribution in [2.75, 3.05) is 0 Å². The highest BCUT2D eigenvalue weighted by molar-refractivity contribution is 9.08. The van der Waals surface area contributed by atoms with E-state index in [4.69, 9.17) is 4.42 Å². The Bertz CT molecular complexity index is 1510. The summed E-state index contributed by atoms with van der Waals surface area (Å²) in [4.78, 5) is 0. The maximum absolute atomic E-state index is 6.11. The third-order valence-corrected chi connectivity index (χ3v) is 7.14. The third-order valence-electron chi connectivity index (χ3n) is 6.59. The molecule has 37 heavy (non-hydrogen) atoms. The minimum absolute atomic E-state index is 0.643. The minimum atomic E-state index is -0.820. The zero-order valence-corrected chi connectivity index (χ0v) is 21.5. The van der Waals surface area contributed by atoms with Crippen molar-refractivity contribution in [3.8, 4) is 22.7 Å². The van der Waals surface area contributed by atoms with Crippen molar-refractivity contribution in [3.05, 3.63) is 150 Å². The highest BCUT2D eigenvalue weighted by Crippen LogP contribution is 2.43. The van der Waals surface area contributed by atoms with E-state index >= 15 is 0 Å². The Morgan fingerprint density at radius 2 is 1.14 bits per heavy atom. The molecular formula is C31H23BrN4O. The Morgan fingerprint density at radius 1 is 0.622 bits per heavy atom. The summed E-state index contributed by atoms with van der Waals surface area (Å²) < 4.78 is 8.06. The van der Waals surface area contributed by atoms with Crippen LogP contribution in [0.4, 0.5) is 0 Å². The van der Waals surface area contributed by atoms with Gasteiger partial charge in [-0.1, -0.05) is 131 Å². The van der Waals surface area contributed by atoms with Crippen molar-refractivity contribution in [1.29, 1.82) is 0 Å². The number of hydrogen-bond donors (Lipinski definition) is 0. The second kappa shape index (κ2) is 9.99. The van der Waals surface area contributed by atoms with Gasteiger partial charge in [0, 0.05) is 11.1 Å². The molecule has 2 aromatic heterocycles. The fourth-order valence-corrected chi connectivity index (χ4v) is 5.27. The van der Waals surface area contributed by atoms with E-state index in [-0.39, 0.29) is 0 Å². The van der Waals surface area contributed by atoms with Gasteiger partial charge in [-0.3, -0.25) is 0 Å². The molecule has 4 aromatic carbocycles. The topological polar surface area (TPSA) is 56.7 Å². The van der Waals surface area contributed by atoms with Crippen molar-refractivity contribution in [3.63, 3.8) is 0 Å². The molecule has 180 valence electrons. The molecule has 2 heterocycles. The molecular weight excluding hydrogens is 524 g/mol. The van der Waals surface area contributed by atoms with Crippen LogP contribution in [-0.4, -0.2) is 20.2 Å². The molecule has 0 aliphatic rings. The van der Waals surface area contributed by atoms with Crippen LogP contribution in [0.5, 0.6) is 0 Å². The summed E-state index contributed by atoms with van der Waals surface area (Å²) in [5.41, 5.74) is 4.15. The molecule has 0 aliphatic carbocycles. The normalized spacial score (nSPS) is 11.5. The predicted octanol–water partition coefficient (Wildman–Crippen LogP) is 7.34. The van der Waals surface area contributed by atoms with Gasteiger partial charge in [-0.15, -0.1) is 5.10 Å². The average Bonchev–Trinajstić information content (AvgIpc) is 3.66. The van der Waals surface area contributed by atoms with Gasteiger partial charge in [0.15, 0.2) is 5.82 Å². The fraction of sp³-hybridized carbons (Fsp3) is 0.0645. The monoisotopic (exact) mass is 546 g/mol. The quantitative estimate of drug-likeness (QED) is 0.155. The van der Waals surface area contributed by atoms with Crippen LogP contribution >= 0.6 is 15.9 Å². The van der Waals surface area contributed by atoms with Crippen LogP contribution in [0.25, 0.3) is 22.7 Å². The first-order chi connectivity index (χ1) is 18.3. The lowest BCUT2D eigenvalue weighted by Crippen LogP contribution is -2.39. The van der Waals surface area contributed by atoms with E-state index in [1.807, 2.05) is 59.3 Å². The molecule has 0 spiro atoms. The van der Waals surface area contributed by atoms with Gasteiger partial charge in [-0.2, -0.15) is 0 Å². The second-order valence-corrected chi connectivity index (χ2v) is 9.23. The Hall–Kier alpha value is -4.29. The molecule has 0 aliphatic heterocycles. The number of tetrazole rings is 1. The van der Waals surface area contributed by atoms with Gasteiger partial charge in [0.2, 0.25) is 0 Å². The van der Waals surface area contributed by atoms with E-state index in [0.717, 1.165) is 39.3 Å². The molecule has 5 nitrogen and oxygen atoms in total. The molecule has 0 amide bonds. The molecule has 0 radical (unpaired) electrons. The zero-order valence-electron chi connectivity index (χ0n) is 19.9. The smallest absolute Gasteiger partial charge is 0.184 e. The van der Waals surface area contributed by atoms with E-state index in [2.05, 4.69) is 104 Å². The lowest BCUT2D eigenvalue weighted by atomic mass is 9.77. The van der Waals surface area contributed by atoms with E-state index in [0.29, 0.717) is 11.2 Å². The number of halogens is 1. The van der Waals surface area contributed by atoms with Gasteiger partial charge in [-0.05, 0) is 39.2 Å². The first-order valence-corrected chi connectivity index (χ1v) is 13.1. The number of furan rings is 1. The predicted molar refractivity (Wildman–Crippen MR) is 148 cm³/mol. The number of alkyl halides is 1. The highest BCUT2D eigenvalue weighted by atomic mass is 79.9. The molecule has 6 rings (SSSR count). The van der Waals surface area contributed by atoms with E-state index in [1.54, 1.807) is 0 Å². The van der Waals surface area contributed by atoms with E-state index < -0.39 is 5.54 Å². The zero-order chi connectivity index (χ0) is 25.1. The minimum Gasteiger partial charge on any atom is -0.460 e. The molecule has 0 saturated carbocycles. The number of aromatic nitrogens is 4. The summed E-state index contributed by atoms with van der Waals surface area (Å²) >= 11 is 3.49.